The number of hydrogen-bond acceptors (Lipinski definition) is 5. The molecule has 27 heavy (non-hydrogen) atoms. The van der Waals surface area contributed by atoms with Crippen molar-refractivity contribution in [2.45, 2.75) is 63.8 Å². The highest BCUT2D eigenvalue weighted by Gasteiger charge is 2.48. The maximum absolute atomic E-state index is 13.1. The van der Waals surface area contributed by atoms with Gasteiger partial charge in [0.25, 0.3) is 0 Å². The largest absolute Gasteiger partial charge is 0.383 e. The fourth-order valence-corrected chi connectivity index (χ4v) is 5.25. The average molecular weight is 376 g/mol. The van der Waals surface area contributed by atoms with E-state index in [1.165, 1.54) is 32.1 Å². The first-order chi connectivity index (χ1) is 13.2. The minimum atomic E-state index is -0.196. The Bertz CT molecular complexity index is 640. The molecule has 150 valence electrons. The van der Waals surface area contributed by atoms with Crippen LogP contribution in [-0.4, -0.2) is 60.8 Å². The van der Waals surface area contributed by atoms with E-state index >= 15 is 0 Å². The second-order valence-electron chi connectivity index (χ2n) is 8.68. The molecule has 4 rings (SSSR count). The Hall–Kier alpha value is -1.40. The minimum Gasteiger partial charge on any atom is -0.383 e. The summed E-state index contributed by atoms with van der Waals surface area (Å²) in [4.78, 5) is 17.5. The molecule has 0 N–H and O–H groups in total. The SMILES string of the molecule is COCCN1CCC[C@@]2(CCN(Cc3cc(C4CCCCC4)no3)C2)C1=O. The summed E-state index contributed by atoms with van der Waals surface area (Å²) >= 11 is 0. The smallest absolute Gasteiger partial charge is 0.230 e. The molecule has 1 aromatic heterocycles. The predicted octanol–water partition coefficient (Wildman–Crippen LogP) is 3.18. The highest BCUT2D eigenvalue weighted by Crippen LogP contribution is 2.40. The summed E-state index contributed by atoms with van der Waals surface area (Å²) in [5.74, 6) is 1.86. The molecule has 2 aliphatic heterocycles. The second kappa shape index (κ2) is 8.31. The first kappa shape index (κ1) is 18.9. The zero-order valence-corrected chi connectivity index (χ0v) is 16.6. The van der Waals surface area contributed by atoms with Gasteiger partial charge in [0.05, 0.1) is 24.3 Å². The molecule has 1 spiro atoms. The number of carbonyl (C=O) groups excluding carboxylic acids is 1. The highest BCUT2D eigenvalue weighted by atomic mass is 16.5. The van der Waals surface area contributed by atoms with Gasteiger partial charge >= 0.3 is 0 Å². The summed E-state index contributed by atoms with van der Waals surface area (Å²) in [5, 5.41) is 4.36. The third kappa shape index (κ3) is 4.06. The van der Waals surface area contributed by atoms with E-state index in [4.69, 9.17) is 9.26 Å². The Labute approximate surface area is 162 Å². The molecule has 2 saturated heterocycles. The van der Waals surface area contributed by atoms with Gasteiger partial charge in [0.2, 0.25) is 5.91 Å². The summed E-state index contributed by atoms with van der Waals surface area (Å²) < 4.78 is 10.8. The molecule has 1 saturated carbocycles. The van der Waals surface area contributed by atoms with Crippen LogP contribution >= 0.6 is 0 Å². The van der Waals surface area contributed by atoms with Crippen LogP contribution in [0.1, 0.15) is 68.7 Å². The van der Waals surface area contributed by atoms with Crippen LogP contribution in [0.15, 0.2) is 10.6 Å². The van der Waals surface area contributed by atoms with Gasteiger partial charge in [-0.2, -0.15) is 0 Å². The standard InChI is InChI=1S/C21H33N3O3/c1-26-13-12-24-10-5-8-21(20(24)25)9-11-23(16-21)15-18-14-19(22-27-18)17-6-3-2-4-7-17/h14,17H,2-13,15-16H2,1H3/t21-/m0/s1. The molecular formula is C21H33N3O3. The van der Waals surface area contributed by atoms with E-state index in [9.17, 15) is 4.79 Å². The third-order valence-electron chi connectivity index (χ3n) is 6.80. The molecule has 0 unspecified atom stereocenters. The topological polar surface area (TPSA) is 58.8 Å². The first-order valence-corrected chi connectivity index (χ1v) is 10.7. The van der Waals surface area contributed by atoms with E-state index in [-0.39, 0.29) is 5.41 Å². The monoisotopic (exact) mass is 375 g/mol. The molecule has 3 aliphatic rings. The van der Waals surface area contributed by atoms with E-state index < -0.39 is 0 Å². The lowest BCUT2D eigenvalue weighted by atomic mass is 9.78. The van der Waals surface area contributed by atoms with Crippen molar-refractivity contribution in [3.63, 3.8) is 0 Å². The van der Waals surface area contributed by atoms with Gasteiger partial charge in [-0.3, -0.25) is 9.69 Å². The van der Waals surface area contributed by atoms with Gasteiger partial charge in [0.1, 0.15) is 0 Å². The highest BCUT2D eigenvalue weighted by molar-refractivity contribution is 5.84. The van der Waals surface area contributed by atoms with E-state index in [2.05, 4.69) is 16.1 Å². The normalized spacial score (nSPS) is 27.7. The Balaban J connectivity index is 1.35. The number of likely N-dealkylation sites (tertiary alicyclic amines) is 2. The van der Waals surface area contributed by atoms with E-state index in [0.29, 0.717) is 25.0 Å². The van der Waals surface area contributed by atoms with Crippen LogP contribution < -0.4 is 0 Å². The molecule has 0 radical (unpaired) electrons. The number of amides is 1. The average Bonchev–Trinajstić information content (AvgIpc) is 3.32. The van der Waals surface area contributed by atoms with Crippen LogP contribution in [0.25, 0.3) is 0 Å². The van der Waals surface area contributed by atoms with Crippen LogP contribution in [-0.2, 0) is 16.1 Å². The minimum absolute atomic E-state index is 0.196. The maximum atomic E-state index is 13.1. The summed E-state index contributed by atoms with van der Waals surface area (Å²) in [5.41, 5.74) is 0.941. The van der Waals surface area contributed by atoms with Crippen molar-refractivity contribution in [1.29, 1.82) is 0 Å². The van der Waals surface area contributed by atoms with Gasteiger partial charge < -0.3 is 14.2 Å². The predicted molar refractivity (Wildman–Crippen MR) is 102 cm³/mol. The summed E-state index contributed by atoms with van der Waals surface area (Å²) in [6.45, 7) is 4.78. The van der Waals surface area contributed by atoms with Gasteiger partial charge in [0.15, 0.2) is 5.76 Å². The van der Waals surface area contributed by atoms with Crippen LogP contribution in [0.2, 0.25) is 0 Å². The summed E-state index contributed by atoms with van der Waals surface area (Å²) in [6.07, 6.45) is 9.51. The lowest BCUT2D eigenvalue weighted by Gasteiger charge is -2.39. The molecule has 3 fully saturated rings. The fraction of sp³-hybridized carbons (Fsp3) is 0.810. The number of ether oxygens (including phenoxy) is 1. The second-order valence-corrected chi connectivity index (χ2v) is 8.68. The molecule has 1 atom stereocenters. The van der Waals surface area contributed by atoms with E-state index in [0.717, 1.165) is 56.9 Å². The van der Waals surface area contributed by atoms with Crippen LogP contribution in [0.4, 0.5) is 0 Å². The maximum Gasteiger partial charge on any atom is 0.230 e. The van der Waals surface area contributed by atoms with E-state index in [1.807, 2.05) is 4.90 Å². The Morgan fingerprint density at radius 2 is 2.07 bits per heavy atom. The molecule has 1 aliphatic carbocycles. The zero-order chi connectivity index (χ0) is 18.7. The van der Waals surface area contributed by atoms with Crippen molar-refractivity contribution in [3.05, 3.63) is 17.5 Å². The number of carbonyl (C=O) groups is 1. The number of nitrogens with zero attached hydrogens (tertiary/aromatic N) is 3. The lowest BCUT2D eigenvalue weighted by Crippen LogP contribution is -2.50. The summed E-state index contributed by atoms with van der Waals surface area (Å²) in [7, 11) is 1.69. The molecule has 6 heteroatoms. The Kier molecular flexibility index (Phi) is 5.83. The van der Waals surface area contributed by atoms with Gasteiger partial charge in [-0.15, -0.1) is 0 Å². The fourth-order valence-electron chi connectivity index (χ4n) is 5.25. The molecule has 0 aromatic carbocycles. The van der Waals surface area contributed by atoms with E-state index in [1.54, 1.807) is 7.11 Å². The Morgan fingerprint density at radius 3 is 2.89 bits per heavy atom. The number of methoxy groups -OCH3 is 1. The molecular weight excluding hydrogens is 342 g/mol. The third-order valence-corrected chi connectivity index (χ3v) is 6.80. The summed E-state index contributed by atoms with van der Waals surface area (Å²) in [6, 6.07) is 2.16. The molecule has 1 amide bonds. The van der Waals surface area contributed by atoms with Crippen molar-refractivity contribution in [2.24, 2.45) is 5.41 Å². The van der Waals surface area contributed by atoms with Crippen LogP contribution in [0.3, 0.4) is 0 Å². The zero-order valence-electron chi connectivity index (χ0n) is 16.6. The molecule has 1 aromatic rings. The number of hydrogen-bond donors (Lipinski definition) is 0. The quantitative estimate of drug-likeness (QED) is 0.764. The molecule has 0 bridgehead atoms. The van der Waals surface area contributed by atoms with Gasteiger partial charge in [-0.25, -0.2) is 0 Å². The molecule has 3 heterocycles. The van der Waals surface area contributed by atoms with Gasteiger partial charge in [-0.1, -0.05) is 24.4 Å². The number of piperidine rings is 1. The first-order valence-electron chi connectivity index (χ1n) is 10.7. The Morgan fingerprint density at radius 1 is 1.22 bits per heavy atom. The van der Waals surface area contributed by atoms with Crippen molar-refractivity contribution >= 4 is 5.91 Å². The number of aromatic nitrogens is 1. The van der Waals surface area contributed by atoms with Crippen LogP contribution in [0, 0.1) is 5.41 Å². The van der Waals surface area contributed by atoms with Crippen molar-refractivity contribution < 1.29 is 14.1 Å². The molecule has 6 nitrogen and oxygen atoms in total. The van der Waals surface area contributed by atoms with Crippen LogP contribution in [0.5, 0.6) is 0 Å². The van der Waals surface area contributed by atoms with Crippen molar-refractivity contribution in [3.8, 4) is 0 Å². The van der Waals surface area contributed by atoms with Crippen molar-refractivity contribution in [1.82, 2.24) is 15.0 Å². The number of rotatable bonds is 6. The van der Waals surface area contributed by atoms with Gasteiger partial charge in [0, 0.05) is 38.7 Å². The lowest BCUT2D eigenvalue weighted by molar-refractivity contribution is -0.146. The van der Waals surface area contributed by atoms with Gasteiger partial charge in [-0.05, 0) is 38.6 Å². The van der Waals surface area contributed by atoms with Crippen molar-refractivity contribution in [2.75, 3.05) is 39.9 Å².